The Morgan fingerprint density at radius 2 is 2.23 bits per heavy atom. The third kappa shape index (κ3) is 2.11. The molecule has 5 heteroatoms. The number of hydrogen-bond donors (Lipinski definition) is 2. The van der Waals surface area contributed by atoms with Crippen LogP contribution >= 0.6 is 11.6 Å². The molecule has 2 N–H and O–H groups in total. The Morgan fingerprint density at radius 1 is 1.32 bits per heavy atom. The van der Waals surface area contributed by atoms with Gasteiger partial charge < -0.3 is 14.7 Å². The fraction of sp³-hybridized carbons (Fsp3) is 0.235. The molecule has 1 aromatic carbocycles. The van der Waals surface area contributed by atoms with E-state index in [2.05, 4.69) is 16.4 Å². The number of fused-ring (bicyclic) bond motifs is 3. The summed E-state index contributed by atoms with van der Waals surface area (Å²) in [6.07, 6.45) is 4.45. The number of H-pyrrole nitrogens is 1. The molecule has 112 valence electrons. The zero-order chi connectivity index (χ0) is 15.1. The summed E-state index contributed by atoms with van der Waals surface area (Å²) in [6.45, 7) is 0. The van der Waals surface area contributed by atoms with Gasteiger partial charge in [0.25, 0.3) is 5.91 Å². The lowest BCUT2D eigenvalue weighted by Gasteiger charge is -2.23. The molecule has 1 atom stereocenters. The molecule has 2 aromatic heterocycles. The van der Waals surface area contributed by atoms with Crippen molar-refractivity contribution in [3.63, 3.8) is 0 Å². The molecule has 0 bridgehead atoms. The van der Waals surface area contributed by atoms with E-state index in [1.807, 2.05) is 12.1 Å². The second kappa shape index (κ2) is 5.21. The SMILES string of the molecule is O=C(N[C@H]1CCCc2c1[nH]c1c(Cl)cccc21)c1ccco1. The summed E-state index contributed by atoms with van der Waals surface area (Å²) in [5, 5.41) is 4.91. The number of carbonyl (C=O) groups excluding carboxylic acids is 1. The van der Waals surface area contributed by atoms with Gasteiger partial charge in [0, 0.05) is 11.1 Å². The highest BCUT2D eigenvalue weighted by molar-refractivity contribution is 6.35. The van der Waals surface area contributed by atoms with Crippen LogP contribution in [0.15, 0.2) is 41.0 Å². The molecule has 0 saturated heterocycles. The van der Waals surface area contributed by atoms with E-state index in [4.69, 9.17) is 16.0 Å². The molecular weight excluding hydrogens is 300 g/mol. The van der Waals surface area contributed by atoms with Crippen LogP contribution in [0.25, 0.3) is 10.9 Å². The maximum absolute atomic E-state index is 12.2. The minimum Gasteiger partial charge on any atom is -0.459 e. The smallest absolute Gasteiger partial charge is 0.287 e. The van der Waals surface area contributed by atoms with Crippen LogP contribution in [0, 0.1) is 0 Å². The average Bonchev–Trinajstić information content (AvgIpc) is 3.16. The Labute approximate surface area is 132 Å². The largest absolute Gasteiger partial charge is 0.459 e. The highest BCUT2D eigenvalue weighted by Crippen LogP contribution is 2.37. The predicted molar refractivity (Wildman–Crippen MR) is 85.2 cm³/mol. The zero-order valence-corrected chi connectivity index (χ0v) is 12.6. The Hall–Kier alpha value is -2.20. The Balaban J connectivity index is 1.72. The van der Waals surface area contributed by atoms with Crippen molar-refractivity contribution in [2.24, 2.45) is 0 Å². The first-order valence-corrected chi connectivity index (χ1v) is 7.75. The summed E-state index contributed by atoms with van der Waals surface area (Å²) >= 11 is 6.28. The summed E-state index contributed by atoms with van der Waals surface area (Å²) in [5.74, 6) is 0.147. The number of carbonyl (C=O) groups is 1. The Morgan fingerprint density at radius 3 is 3.05 bits per heavy atom. The van der Waals surface area contributed by atoms with Crippen LogP contribution < -0.4 is 5.32 Å². The second-order valence-electron chi connectivity index (χ2n) is 5.58. The highest BCUT2D eigenvalue weighted by Gasteiger charge is 2.26. The number of furan rings is 1. The van der Waals surface area contributed by atoms with Crippen LogP contribution in [0.1, 0.15) is 40.7 Å². The van der Waals surface area contributed by atoms with Crippen LogP contribution in [0.4, 0.5) is 0 Å². The number of benzene rings is 1. The molecular formula is C17H15ClN2O2. The van der Waals surface area contributed by atoms with E-state index >= 15 is 0 Å². The first-order valence-electron chi connectivity index (χ1n) is 7.37. The molecule has 1 aliphatic carbocycles. The van der Waals surface area contributed by atoms with E-state index in [0.29, 0.717) is 10.8 Å². The maximum Gasteiger partial charge on any atom is 0.287 e. The Kier molecular flexibility index (Phi) is 3.19. The molecule has 0 radical (unpaired) electrons. The van der Waals surface area contributed by atoms with E-state index < -0.39 is 0 Å². The van der Waals surface area contributed by atoms with Crippen molar-refractivity contribution in [2.45, 2.75) is 25.3 Å². The first-order chi connectivity index (χ1) is 10.7. The summed E-state index contributed by atoms with van der Waals surface area (Å²) in [4.78, 5) is 15.6. The molecule has 4 rings (SSSR count). The summed E-state index contributed by atoms with van der Waals surface area (Å²) in [6, 6.07) is 9.26. The monoisotopic (exact) mass is 314 g/mol. The third-order valence-corrected chi connectivity index (χ3v) is 4.56. The lowest BCUT2D eigenvalue weighted by atomic mass is 9.91. The van der Waals surface area contributed by atoms with Crippen LogP contribution in [-0.2, 0) is 6.42 Å². The number of para-hydroxylation sites is 1. The van der Waals surface area contributed by atoms with Gasteiger partial charge in [-0.3, -0.25) is 4.79 Å². The number of hydrogen-bond acceptors (Lipinski definition) is 2. The maximum atomic E-state index is 12.2. The zero-order valence-electron chi connectivity index (χ0n) is 11.9. The van der Waals surface area contributed by atoms with E-state index in [1.54, 1.807) is 12.1 Å². The first kappa shape index (κ1) is 13.5. The van der Waals surface area contributed by atoms with Gasteiger partial charge in [-0.15, -0.1) is 0 Å². The van der Waals surface area contributed by atoms with E-state index in [9.17, 15) is 4.79 Å². The average molecular weight is 315 g/mol. The number of amides is 1. The van der Waals surface area contributed by atoms with Gasteiger partial charge >= 0.3 is 0 Å². The minimum absolute atomic E-state index is 0.0372. The van der Waals surface area contributed by atoms with Gasteiger partial charge in [-0.2, -0.15) is 0 Å². The summed E-state index contributed by atoms with van der Waals surface area (Å²) in [5.41, 5.74) is 3.27. The predicted octanol–water partition coefficient (Wildman–Crippen LogP) is 4.22. The van der Waals surface area contributed by atoms with E-state index in [0.717, 1.165) is 35.9 Å². The molecule has 22 heavy (non-hydrogen) atoms. The standard InChI is InChI=1S/C17H15ClN2O2/c18-12-6-1-4-10-11-5-2-7-13(16(11)20-15(10)12)19-17(21)14-8-3-9-22-14/h1,3-4,6,8-9,13,20H,2,5,7H2,(H,19,21)/t13-/m0/s1. The lowest BCUT2D eigenvalue weighted by Crippen LogP contribution is -2.30. The van der Waals surface area contributed by atoms with E-state index in [1.165, 1.54) is 11.8 Å². The molecule has 1 amide bonds. The minimum atomic E-state index is -0.187. The van der Waals surface area contributed by atoms with Gasteiger partial charge in [-0.25, -0.2) is 0 Å². The van der Waals surface area contributed by atoms with Crippen molar-refractivity contribution >= 4 is 28.4 Å². The van der Waals surface area contributed by atoms with Crippen LogP contribution in [-0.4, -0.2) is 10.9 Å². The number of rotatable bonds is 2. The number of nitrogens with one attached hydrogen (secondary N) is 2. The van der Waals surface area contributed by atoms with Crippen LogP contribution in [0.3, 0.4) is 0 Å². The fourth-order valence-electron chi connectivity index (χ4n) is 3.23. The van der Waals surface area contributed by atoms with Crippen molar-refractivity contribution in [2.75, 3.05) is 0 Å². The lowest BCUT2D eigenvalue weighted by molar-refractivity contribution is 0.0904. The number of aromatic nitrogens is 1. The molecule has 0 saturated carbocycles. The quantitative estimate of drug-likeness (QED) is 0.744. The summed E-state index contributed by atoms with van der Waals surface area (Å²) < 4.78 is 5.16. The van der Waals surface area contributed by atoms with Crippen molar-refractivity contribution in [3.05, 3.63) is 58.6 Å². The number of aromatic amines is 1. The van der Waals surface area contributed by atoms with Crippen molar-refractivity contribution in [1.82, 2.24) is 10.3 Å². The highest BCUT2D eigenvalue weighted by atomic mass is 35.5. The molecule has 0 aliphatic heterocycles. The van der Waals surface area contributed by atoms with Crippen LogP contribution in [0.5, 0.6) is 0 Å². The van der Waals surface area contributed by atoms with Gasteiger partial charge in [0.1, 0.15) is 0 Å². The van der Waals surface area contributed by atoms with Crippen molar-refractivity contribution in [1.29, 1.82) is 0 Å². The summed E-state index contributed by atoms with van der Waals surface area (Å²) in [7, 11) is 0. The molecule has 0 fully saturated rings. The van der Waals surface area contributed by atoms with Gasteiger partial charge in [-0.05, 0) is 43.0 Å². The number of halogens is 1. The van der Waals surface area contributed by atoms with Crippen molar-refractivity contribution < 1.29 is 9.21 Å². The molecule has 0 spiro atoms. The normalized spacial score (nSPS) is 17.4. The van der Waals surface area contributed by atoms with Gasteiger partial charge in [-0.1, -0.05) is 23.7 Å². The van der Waals surface area contributed by atoms with Crippen molar-refractivity contribution in [3.8, 4) is 0 Å². The molecule has 2 heterocycles. The molecule has 3 aromatic rings. The number of aryl methyl sites for hydroxylation is 1. The Bertz CT molecular complexity index is 836. The van der Waals surface area contributed by atoms with Crippen LogP contribution in [0.2, 0.25) is 5.02 Å². The van der Waals surface area contributed by atoms with Gasteiger partial charge in [0.05, 0.1) is 22.8 Å². The molecule has 4 nitrogen and oxygen atoms in total. The van der Waals surface area contributed by atoms with Gasteiger partial charge in [0.15, 0.2) is 5.76 Å². The second-order valence-corrected chi connectivity index (χ2v) is 5.98. The molecule has 1 aliphatic rings. The van der Waals surface area contributed by atoms with E-state index in [-0.39, 0.29) is 11.9 Å². The topological polar surface area (TPSA) is 58.0 Å². The fourth-order valence-corrected chi connectivity index (χ4v) is 3.46. The van der Waals surface area contributed by atoms with Gasteiger partial charge in [0.2, 0.25) is 0 Å². The third-order valence-electron chi connectivity index (χ3n) is 4.24. The molecule has 0 unspecified atom stereocenters.